The number of ether oxygens (including phenoxy) is 1. The fourth-order valence-corrected chi connectivity index (χ4v) is 3.03. The minimum atomic E-state index is -0.401. The smallest absolute Gasteiger partial charge is 0.273 e. The van der Waals surface area contributed by atoms with Crippen LogP contribution in [0.5, 0.6) is 5.75 Å². The fraction of sp³-hybridized carbons (Fsp3) is 0.444. The number of aromatic nitrogens is 1. The molecule has 0 bridgehead atoms. The molecule has 2 aromatic rings. The Kier molecular flexibility index (Phi) is 3.96. The minimum Gasteiger partial charge on any atom is -0.490 e. The number of halogens is 1. The molecule has 1 amide bonds. The number of nitrogens with one attached hydrogen (secondary N) is 1. The first kappa shape index (κ1) is 15.2. The molecule has 24 heavy (non-hydrogen) atoms. The van der Waals surface area contributed by atoms with Gasteiger partial charge in [0, 0.05) is 12.0 Å². The van der Waals surface area contributed by atoms with Crippen LogP contribution in [0.1, 0.15) is 53.7 Å². The molecular formula is C18H19FN2O3. The lowest BCUT2D eigenvalue weighted by atomic mass is 10.0. The van der Waals surface area contributed by atoms with E-state index in [-0.39, 0.29) is 23.4 Å². The third-order valence-corrected chi connectivity index (χ3v) is 4.51. The van der Waals surface area contributed by atoms with Crippen molar-refractivity contribution in [3.63, 3.8) is 0 Å². The van der Waals surface area contributed by atoms with Gasteiger partial charge in [-0.2, -0.15) is 0 Å². The van der Waals surface area contributed by atoms with E-state index in [1.165, 1.54) is 25.2 Å². The molecule has 1 N–H and O–H groups in total. The summed E-state index contributed by atoms with van der Waals surface area (Å²) < 4.78 is 24.8. The number of amides is 1. The highest BCUT2D eigenvalue weighted by Gasteiger charge is 2.27. The molecule has 5 nitrogen and oxygen atoms in total. The van der Waals surface area contributed by atoms with E-state index in [2.05, 4.69) is 10.3 Å². The second-order valence-corrected chi connectivity index (χ2v) is 6.45. The van der Waals surface area contributed by atoms with Crippen molar-refractivity contribution in [2.75, 3.05) is 6.61 Å². The third-order valence-electron chi connectivity index (χ3n) is 4.51. The number of fused-ring (bicyclic) bond motifs is 1. The van der Waals surface area contributed by atoms with Crippen LogP contribution in [0.4, 0.5) is 4.39 Å². The quantitative estimate of drug-likeness (QED) is 0.933. The van der Waals surface area contributed by atoms with Crippen LogP contribution in [-0.2, 0) is 6.42 Å². The van der Waals surface area contributed by atoms with Gasteiger partial charge in [-0.1, -0.05) is 12.1 Å². The molecule has 6 heteroatoms. The first-order chi connectivity index (χ1) is 11.7. The van der Waals surface area contributed by atoms with Crippen molar-refractivity contribution in [3.8, 4) is 5.75 Å². The summed E-state index contributed by atoms with van der Waals surface area (Å²) in [6.45, 7) is 0.440. The Morgan fingerprint density at radius 3 is 3.04 bits per heavy atom. The first-order valence-corrected chi connectivity index (χ1v) is 8.37. The van der Waals surface area contributed by atoms with Crippen LogP contribution in [0.2, 0.25) is 0 Å². The van der Waals surface area contributed by atoms with Crippen LogP contribution < -0.4 is 10.1 Å². The lowest BCUT2D eigenvalue weighted by Gasteiger charge is -2.17. The Bertz CT molecular complexity index is 754. The van der Waals surface area contributed by atoms with Crippen LogP contribution in [0.3, 0.4) is 0 Å². The lowest BCUT2D eigenvalue weighted by molar-refractivity contribution is 0.0929. The average Bonchev–Trinajstić information content (AvgIpc) is 3.30. The molecule has 1 atom stereocenters. The van der Waals surface area contributed by atoms with Crippen molar-refractivity contribution >= 4 is 5.91 Å². The SMILES string of the molecule is O=C(NC1CCCOc2c(F)cccc21)c1coc(CC2CC2)n1. The number of hydrogen-bond acceptors (Lipinski definition) is 4. The molecular weight excluding hydrogens is 311 g/mol. The molecule has 1 unspecified atom stereocenters. The number of nitrogens with zero attached hydrogens (tertiary/aromatic N) is 1. The topological polar surface area (TPSA) is 64.4 Å². The molecule has 1 aromatic carbocycles. The predicted molar refractivity (Wildman–Crippen MR) is 84.3 cm³/mol. The van der Waals surface area contributed by atoms with Gasteiger partial charge in [-0.25, -0.2) is 9.37 Å². The maximum absolute atomic E-state index is 14.0. The Morgan fingerprint density at radius 2 is 2.21 bits per heavy atom. The van der Waals surface area contributed by atoms with E-state index < -0.39 is 5.82 Å². The van der Waals surface area contributed by atoms with E-state index in [9.17, 15) is 9.18 Å². The van der Waals surface area contributed by atoms with Gasteiger partial charge in [-0.05, 0) is 37.7 Å². The van der Waals surface area contributed by atoms with E-state index in [0.717, 1.165) is 12.8 Å². The van der Waals surface area contributed by atoms with Crippen molar-refractivity contribution < 1.29 is 18.3 Å². The Labute approximate surface area is 139 Å². The second-order valence-electron chi connectivity index (χ2n) is 6.45. The zero-order chi connectivity index (χ0) is 16.5. The normalized spacial score (nSPS) is 20.0. The molecule has 0 radical (unpaired) electrons. The van der Waals surface area contributed by atoms with E-state index in [1.807, 2.05) is 0 Å². The van der Waals surface area contributed by atoms with Gasteiger partial charge in [0.1, 0.15) is 6.26 Å². The summed E-state index contributed by atoms with van der Waals surface area (Å²) in [5, 5.41) is 2.93. The summed E-state index contributed by atoms with van der Waals surface area (Å²) in [5.41, 5.74) is 0.941. The highest BCUT2D eigenvalue weighted by molar-refractivity contribution is 5.92. The average molecular weight is 330 g/mol. The highest BCUT2D eigenvalue weighted by atomic mass is 19.1. The number of rotatable bonds is 4. The highest BCUT2D eigenvalue weighted by Crippen LogP contribution is 2.34. The van der Waals surface area contributed by atoms with Gasteiger partial charge in [0.25, 0.3) is 5.91 Å². The fourth-order valence-electron chi connectivity index (χ4n) is 3.03. The van der Waals surface area contributed by atoms with Gasteiger partial charge < -0.3 is 14.5 Å². The predicted octanol–water partition coefficient (Wildman–Crippen LogP) is 3.41. The summed E-state index contributed by atoms with van der Waals surface area (Å²) in [5.74, 6) is 0.784. The molecule has 1 fully saturated rings. The number of benzene rings is 1. The number of oxazole rings is 1. The van der Waals surface area contributed by atoms with Crippen molar-refractivity contribution in [1.82, 2.24) is 10.3 Å². The zero-order valence-electron chi connectivity index (χ0n) is 13.3. The van der Waals surface area contributed by atoms with Crippen LogP contribution in [0, 0.1) is 11.7 Å². The summed E-state index contributed by atoms with van der Waals surface area (Å²) in [6, 6.07) is 4.49. The van der Waals surface area contributed by atoms with Crippen molar-refractivity contribution in [1.29, 1.82) is 0 Å². The van der Waals surface area contributed by atoms with Gasteiger partial charge in [0.05, 0.1) is 12.6 Å². The Morgan fingerprint density at radius 1 is 1.33 bits per heavy atom. The molecule has 1 saturated carbocycles. The van der Waals surface area contributed by atoms with Crippen molar-refractivity contribution in [3.05, 3.63) is 47.4 Å². The van der Waals surface area contributed by atoms with Crippen LogP contribution in [0.15, 0.2) is 28.9 Å². The van der Waals surface area contributed by atoms with Gasteiger partial charge in [0.15, 0.2) is 23.2 Å². The zero-order valence-corrected chi connectivity index (χ0v) is 13.3. The van der Waals surface area contributed by atoms with Gasteiger partial charge >= 0.3 is 0 Å². The minimum absolute atomic E-state index is 0.231. The number of carbonyl (C=O) groups excluding carboxylic acids is 1. The van der Waals surface area contributed by atoms with Crippen LogP contribution in [0.25, 0.3) is 0 Å². The van der Waals surface area contributed by atoms with E-state index in [1.54, 1.807) is 12.1 Å². The molecule has 0 spiro atoms. The first-order valence-electron chi connectivity index (χ1n) is 8.37. The molecule has 1 aliphatic heterocycles. The van der Waals surface area contributed by atoms with E-state index in [4.69, 9.17) is 9.15 Å². The molecule has 0 saturated heterocycles. The van der Waals surface area contributed by atoms with Crippen LogP contribution >= 0.6 is 0 Å². The summed E-state index contributed by atoms with van der Waals surface area (Å²) in [7, 11) is 0. The summed E-state index contributed by atoms with van der Waals surface area (Å²) in [4.78, 5) is 16.7. The maximum Gasteiger partial charge on any atom is 0.273 e. The Balaban J connectivity index is 1.51. The molecule has 1 aliphatic carbocycles. The summed E-state index contributed by atoms with van der Waals surface area (Å²) >= 11 is 0. The standard InChI is InChI=1S/C18H19FN2O3/c19-13-4-1-3-12-14(5-2-8-23-17(12)13)21-18(22)15-10-24-16(20-15)9-11-6-7-11/h1,3-4,10-11,14H,2,5-9H2,(H,21,22). The largest absolute Gasteiger partial charge is 0.490 e. The monoisotopic (exact) mass is 330 g/mol. The molecule has 4 rings (SSSR count). The van der Waals surface area contributed by atoms with Crippen molar-refractivity contribution in [2.45, 2.75) is 38.1 Å². The van der Waals surface area contributed by atoms with Gasteiger partial charge in [-0.3, -0.25) is 4.79 Å². The molecule has 2 heterocycles. The van der Waals surface area contributed by atoms with Crippen molar-refractivity contribution in [2.24, 2.45) is 5.92 Å². The van der Waals surface area contributed by atoms with Crippen LogP contribution in [-0.4, -0.2) is 17.5 Å². The molecule has 126 valence electrons. The molecule has 2 aliphatic rings. The number of hydrogen-bond donors (Lipinski definition) is 1. The molecule has 1 aromatic heterocycles. The van der Waals surface area contributed by atoms with E-state index >= 15 is 0 Å². The maximum atomic E-state index is 14.0. The Hall–Kier alpha value is -2.37. The van der Waals surface area contributed by atoms with Gasteiger partial charge in [-0.15, -0.1) is 0 Å². The lowest BCUT2D eigenvalue weighted by Crippen LogP contribution is -2.28. The number of carbonyl (C=O) groups is 1. The number of para-hydroxylation sites is 1. The van der Waals surface area contributed by atoms with E-state index in [0.29, 0.717) is 30.4 Å². The second kappa shape index (κ2) is 6.26. The third kappa shape index (κ3) is 3.13. The summed E-state index contributed by atoms with van der Waals surface area (Å²) in [6.07, 6.45) is 6.02. The van der Waals surface area contributed by atoms with Gasteiger partial charge in [0.2, 0.25) is 0 Å².